The molecule has 4 aromatic carbocycles. The van der Waals surface area contributed by atoms with Crippen LogP contribution in [-0.4, -0.2) is 0 Å². The fourth-order valence-corrected chi connectivity index (χ4v) is 7.39. The summed E-state index contributed by atoms with van der Waals surface area (Å²) in [6.07, 6.45) is 0. The maximum absolute atomic E-state index is 2.36. The van der Waals surface area contributed by atoms with E-state index in [1.54, 1.807) is 0 Å². The molecule has 0 atom stereocenters. The summed E-state index contributed by atoms with van der Waals surface area (Å²) in [6.45, 7) is 8.95. The summed E-state index contributed by atoms with van der Waals surface area (Å²) in [5, 5.41) is 5.41. The number of hydrogen-bond donors (Lipinski definition) is 0. The normalized spacial score (nSPS) is 11.5. The Kier molecular flexibility index (Phi) is 5.17. The van der Waals surface area contributed by atoms with Crippen molar-refractivity contribution >= 4 is 44.2 Å². The molecule has 166 valence electrons. The molecule has 0 bridgehead atoms. The fourth-order valence-electron chi connectivity index (χ4n) is 5.15. The minimum absolute atomic E-state index is 1.34. The third-order valence-electron chi connectivity index (χ3n) is 7.03. The van der Waals surface area contributed by atoms with Crippen LogP contribution in [0.15, 0.2) is 84.9 Å². The Balaban J connectivity index is 1.40. The quantitative estimate of drug-likeness (QED) is 0.239. The molecule has 6 rings (SSSR count). The molecule has 0 radical (unpaired) electrons. The predicted octanol–water partition coefficient (Wildman–Crippen LogP) is 10.4. The average Bonchev–Trinajstić information content (AvgIpc) is 3.54. The van der Waals surface area contributed by atoms with Gasteiger partial charge in [0, 0.05) is 19.5 Å². The van der Waals surface area contributed by atoms with Gasteiger partial charge in [0.05, 0.1) is 0 Å². The van der Waals surface area contributed by atoms with E-state index in [0.717, 1.165) is 0 Å². The molecule has 0 saturated carbocycles. The Morgan fingerprint density at radius 1 is 0.412 bits per heavy atom. The van der Waals surface area contributed by atoms with Gasteiger partial charge in [-0.1, -0.05) is 48.5 Å². The average molecular weight is 475 g/mol. The molecule has 0 aliphatic carbocycles. The topological polar surface area (TPSA) is 0 Å². The minimum Gasteiger partial charge on any atom is -0.134 e. The van der Waals surface area contributed by atoms with E-state index in [2.05, 4.69) is 113 Å². The molecule has 6 aromatic rings. The van der Waals surface area contributed by atoms with Crippen LogP contribution in [0.1, 0.15) is 22.3 Å². The highest BCUT2D eigenvalue weighted by molar-refractivity contribution is 7.25. The summed E-state index contributed by atoms with van der Waals surface area (Å²) in [5.74, 6) is 0. The molecule has 0 spiro atoms. The highest BCUT2D eigenvalue weighted by Gasteiger charge is 2.14. The Labute approximate surface area is 209 Å². The second-order valence-electron chi connectivity index (χ2n) is 9.15. The summed E-state index contributed by atoms with van der Waals surface area (Å²) in [7, 11) is 0. The van der Waals surface area contributed by atoms with Crippen LogP contribution < -0.4 is 0 Å². The van der Waals surface area contributed by atoms with Crippen LogP contribution in [0.25, 0.3) is 52.2 Å². The van der Waals surface area contributed by atoms with Gasteiger partial charge < -0.3 is 0 Å². The molecule has 0 saturated heterocycles. The number of aryl methyl sites for hydroxylation is 4. The van der Waals surface area contributed by atoms with E-state index in [4.69, 9.17) is 0 Å². The van der Waals surface area contributed by atoms with E-state index < -0.39 is 0 Å². The van der Waals surface area contributed by atoms with Crippen molar-refractivity contribution in [3.63, 3.8) is 0 Å². The maximum atomic E-state index is 2.36. The van der Waals surface area contributed by atoms with E-state index >= 15 is 0 Å². The zero-order valence-corrected chi connectivity index (χ0v) is 21.5. The predicted molar refractivity (Wildman–Crippen MR) is 152 cm³/mol. The Bertz CT molecular complexity index is 1570. The molecule has 0 aliphatic heterocycles. The second kappa shape index (κ2) is 8.23. The van der Waals surface area contributed by atoms with Crippen molar-refractivity contribution in [3.05, 3.63) is 107 Å². The standard InChI is InChI=1S/C32H26S2/c1-19-17-27(21(3)25-11-7-5-9-23(19)25)29-13-15-31(33-29)32-16-14-30(34-32)28-18-20(2)24-10-6-8-12-26(24)22(28)4/h5-18H,1-4H3. The van der Waals surface area contributed by atoms with Gasteiger partial charge >= 0.3 is 0 Å². The zero-order chi connectivity index (χ0) is 23.4. The second-order valence-corrected chi connectivity index (χ2v) is 11.3. The summed E-state index contributed by atoms with van der Waals surface area (Å²) in [6, 6.07) is 31.4. The van der Waals surface area contributed by atoms with Gasteiger partial charge in [0.25, 0.3) is 0 Å². The van der Waals surface area contributed by atoms with Crippen LogP contribution in [0.3, 0.4) is 0 Å². The Morgan fingerprint density at radius 3 is 1.18 bits per heavy atom. The molecule has 2 heterocycles. The number of rotatable bonds is 3. The largest absolute Gasteiger partial charge is 0.134 e. The lowest BCUT2D eigenvalue weighted by atomic mass is 9.95. The van der Waals surface area contributed by atoms with Gasteiger partial charge in [-0.3, -0.25) is 0 Å². The van der Waals surface area contributed by atoms with Gasteiger partial charge in [-0.2, -0.15) is 0 Å². The van der Waals surface area contributed by atoms with Crippen molar-refractivity contribution in [3.8, 4) is 30.6 Å². The molecule has 0 nitrogen and oxygen atoms in total. The minimum atomic E-state index is 1.34. The molecular formula is C32H26S2. The smallest absolute Gasteiger partial charge is 0.0449 e. The van der Waals surface area contributed by atoms with E-state index in [-0.39, 0.29) is 0 Å². The van der Waals surface area contributed by atoms with Crippen molar-refractivity contribution in [1.82, 2.24) is 0 Å². The van der Waals surface area contributed by atoms with Crippen LogP contribution in [0.2, 0.25) is 0 Å². The van der Waals surface area contributed by atoms with Gasteiger partial charge in [-0.15, -0.1) is 22.7 Å². The third kappa shape index (κ3) is 3.41. The van der Waals surface area contributed by atoms with Crippen LogP contribution in [-0.2, 0) is 0 Å². The number of hydrogen-bond acceptors (Lipinski definition) is 2. The molecule has 0 fully saturated rings. The van der Waals surface area contributed by atoms with Crippen molar-refractivity contribution < 1.29 is 0 Å². The van der Waals surface area contributed by atoms with Crippen LogP contribution in [0.4, 0.5) is 0 Å². The van der Waals surface area contributed by atoms with Crippen molar-refractivity contribution in [2.45, 2.75) is 27.7 Å². The highest BCUT2D eigenvalue weighted by Crippen LogP contribution is 2.43. The van der Waals surface area contributed by atoms with Crippen molar-refractivity contribution in [2.24, 2.45) is 0 Å². The van der Waals surface area contributed by atoms with E-state index in [1.165, 1.54) is 74.4 Å². The van der Waals surface area contributed by atoms with E-state index in [0.29, 0.717) is 0 Å². The van der Waals surface area contributed by atoms with Gasteiger partial charge in [0.15, 0.2) is 0 Å². The van der Waals surface area contributed by atoms with Crippen molar-refractivity contribution in [2.75, 3.05) is 0 Å². The van der Waals surface area contributed by atoms with Gasteiger partial charge in [0.1, 0.15) is 0 Å². The summed E-state index contributed by atoms with van der Waals surface area (Å²) in [4.78, 5) is 5.36. The number of benzene rings is 4. The zero-order valence-electron chi connectivity index (χ0n) is 19.9. The molecule has 0 N–H and O–H groups in total. The number of fused-ring (bicyclic) bond motifs is 2. The van der Waals surface area contributed by atoms with Crippen LogP contribution in [0.5, 0.6) is 0 Å². The lowest BCUT2D eigenvalue weighted by Crippen LogP contribution is -1.87. The molecule has 0 aliphatic rings. The first-order chi connectivity index (χ1) is 16.5. The molecule has 0 amide bonds. The summed E-state index contributed by atoms with van der Waals surface area (Å²) < 4.78 is 0. The first-order valence-corrected chi connectivity index (χ1v) is 13.3. The molecular weight excluding hydrogens is 448 g/mol. The fraction of sp³-hybridized carbons (Fsp3) is 0.125. The maximum Gasteiger partial charge on any atom is 0.0449 e. The van der Waals surface area contributed by atoms with E-state index in [9.17, 15) is 0 Å². The van der Waals surface area contributed by atoms with Crippen LogP contribution in [0, 0.1) is 27.7 Å². The molecule has 34 heavy (non-hydrogen) atoms. The van der Waals surface area contributed by atoms with Crippen LogP contribution >= 0.6 is 22.7 Å². The first kappa shape index (κ1) is 21.3. The lowest BCUT2D eigenvalue weighted by molar-refractivity contribution is 1.46. The SMILES string of the molecule is Cc1cc(-c2ccc(-c3ccc(-c4cc(C)c5ccccc5c4C)s3)s2)c(C)c2ccccc12. The monoisotopic (exact) mass is 474 g/mol. The van der Waals surface area contributed by atoms with Gasteiger partial charge in [-0.25, -0.2) is 0 Å². The third-order valence-corrected chi connectivity index (χ3v) is 9.46. The number of thiophene rings is 2. The molecule has 0 unspecified atom stereocenters. The summed E-state index contributed by atoms with van der Waals surface area (Å²) >= 11 is 3.80. The lowest BCUT2D eigenvalue weighted by Gasteiger charge is -2.11. The van der Waals surface area contributed by atoms with Gasteiger partial charge in [-0.05, 0) is 119 Å². The molecule has 2 heteroatoms. The first-order valence-electron chi connectivity index (χ1n) is 11.7. The highest BCUT2D eigenvalue weighted by atomic mass is 32.1. The summed E-state index contributed by atoms with van der Waals surface area (Å²) in [5.41, 5.74) is 8.11. The Morgan fingerprint density at radius 2 is 0.765 bits per heavy atom. The van der Waals surface area contributed by atoms with Gasteiger partial charge in [0.2, 0.25) is 0 Å². The van der Waals surface area contributed by atoms with E-state index in [1.807, 2.05) is 22.7 Å². The molecule has 2 aromatic heterocycles. The van der Waals surface area contributed by atoms with Crippen molar-refractivity contribution in [1.29, 1.82) is 0 Å². The Hall–Kier alpha value is -3.20.